The Kier molecular flexibility index (Phi) is 5.52. The summed E-state index contributed by atoms with van der Waals surface area (Å²) in [7, 11) is 0. The van der Waals surface area contributed by atoms with E-state index in [1.807, 2.05) is 12.1 Å². The van der Waals surface area contributed by atoms with Crippen molar-refractivity contribution in [1.29, 1.82) is 0 Å². The molecule has 0 aliphatic heterocycles. The van der Waals surface area contributed by atoms with Crippen molar-refractivity contribution < 1.29 is 0 Å². The van der Waals surface area contributed by atoms with Crippen molar-refractivity contribution in [2.75, 3.05) is 13.1 Å². The fourth-order valence-electron chi connectivity index (χ4n) is 2.47. The largest absolute Gasteiger partial charge is 0.324 e. The zero-order valence-corrected chi connectivity index (χ0v) is 12.9. The molecule has 0 amide bonds. The van der Waals surface area contributed by atoms with Crippen LogP contribution in [0.15, 0.2) is 18.2 Å². The highest BCUT2D eigenvalue weighted by atomic mass is 35.5. The summed E-state index contributed by atoms with van der Waals surface area (Å²) in [6.45, 7) is 4.44. The molecule has 1 atom stereocenters. The molecule has 1 aromatic rings. The maximum atomic E-state index is 6.26. The molecule has 1 aliphatic carbocycles. The molecule has 0 bridgehead atoms. The van der Waals surface area contributed by atoms with Crippen LogP contribution in [0.1, 0.15) is 44.2 Å². The van der Waals surface area contributed by atoms with Gasteiger partial charge in [0.25, 0.3) is 0 Å². The molecule has 1 aromatic carbocycles. The van der Waals surface area contributed by atoms with Gasteiger partial charge in [0.1, 0.15) is 0 Å². The molecule has 106 valence electrons. The van der Waals surface area contributed by atoms with E-state index in [0.717, 1.165) is 24.6 Å². The quantitative estimate of drug-likeness (QED) is 0.815. The number of nitrogens with two attached hydrogens (primary N) is 1. The Balaban J connectivity index is 1.92. The Hall–Kier alpha value is -0.280. The van der Waals surface area contributed by atoms with Crippen molar-refractivity contribution in [2.24, 2.45) is 5.73 Å². The summed E-state index contributed by atoms with van der Waals surface area (Å²) >= 11 is 12.2. The monoisotopic (exact) mass is 300 g/mol. The minimum atomic E-state index is -0.0377. The molecule has 1 fully saturated rings. The van der Waals surface area contributed by atoms with Crippen LogP contribution in [0.3, 0.4) is 0 Å². The van der Waals surface area contributed by atoms with Crippen LogP contribution in [0.2, 0.25) is 10.0 Å². The van der Waals surface area contributed by atoms with Crippen molar-refractivity contribution in [2.45, 2.75) is 44.7 Å². The summed E-state index contributed by atoms with van der Waals surface area (Å²) in [6.07, 6.45) is 4.81. The van der Waals surface area contributed by atoms with Gasteiger partial charge in [0.15, 0.2) is 0 Å². The zero-order chi connectivity index (χ0) is 13.8. The molecule has 2 nitrogen and oxygen atoms in total. The Morgan fingerprint density at radius 3 is 2.68 bits per heavy atom. The van der Waals surface area contributed by atoms with Crippen LogP contribution in [0.5, 0.6) is 0 Å². The van der Waals surface area contributed by atoms with Gasteiger partial charge in [0.2, 0.25) is 0 Å². The highest BCUT2D eigenvalue weighted by Gasteiger charge is 2.28. The Morgan fingerprint density at radius 2 is 2.05 bits per heavy atom. The summed E-state index contributed by atoms with van der Waals surface area (Å²) in [6, 6.07) is 6.44. The fourth-order valence-corrected chi connectivity index (χ4v) is 2.92. The Morgan fingerprint density at radius 1 is 1.32 bits per heavy atom. The molecule has 2 N–H and O–H groups in total. The first-order valence-corrected chi connectivity index (χ1v) is 7.82. The van der Waals surface area contributed by atoms with Crippen LogP contribution in [-0.2, 0) is 0 Å². The van der Waals surface area contributed by atoms with Crippen LogP contribution in [0.25, 0.3) is 0 Å². The topological polar surface area (TPSA) is 29.3 Å². The number of benzene rings is 1. The smallest absolute Gasteiger partial charge is 0.0640 e. The maximum absolute atomic E-state index is 6.26. The molecule has 0 spiro atoms. The first kappa shape index (κ1) is 15.1. The summed E-state index contributed by atoms with van der Waals surface area (Å²) in [5.74, 6) is 0. The van der Waals surface area contributed by atoms with Crippen LogP contribution >= 0.6 is 23.2 Å². The van der Waals surface area contributed by atoms with Crippen LogP contribution in [0.4, 0.5) is 0 Å². The van der Waals surface area contributed by atoms with Gasteiger partial charge in [-0.25, -0.2) is 0 Å². The molecular formula is C15H22Cl2N2. The summed E-state index contributed by atoms with van der Waals surface area (Å²) < 4.78 is 0. The van der Waals surface area contributed by atoms with E-state index in [-0.39, 0.29) is 6.04 Å². The first-order valence-electron chi connectivity index (χ1n) is 7.07. The van der Waals surface area contributed by atoms with E-state index in [4.69, 9.17) is 28.9 Å². The van der Waals surface area contributed by atoms with Crippen molar-refractivity contribution in [3.63, 3.8) is 0 Å². The standard InChI is InChI=1S/C15H22Cl2N2/c1-2-9-19(11-6-7-11)10-8-14(18)12-4-3-5-13(16)15(12)17/h3-5,11,14H,2,6-10,18H2,1H3. The van der Waals surface area contributed by atoms with Gasteiger partial charge in [-0.2, -0.15) is 0 Å². The van der Waals surface area contributed by atoms with Gasteiger partial charge in [-0.15, -0.1) is 0 Å². The summed E-state index contributed by atoms with van der Waals surface area (Å²) in [4.78, 5) is 2.55. The second-order valence-electron chi connectivity index (χ2n) is 5.31. The lowest BCUT2D eigenvalue weighted by atomic mass is 10.0. The van der Waals surface area contributed by atoms with Crippen molar-refractivity contribution in [1.82, 2.24) is 4.90 Å². The van der Waals surface area contributed by atoms with Crippen molar-refractivity contribution in [3.05, 3.63) is 33.8 Å². The molecule has 1 saturated carbocycles. The van der Waals surface area contributed by atoms with Crippen LogP contribution in [0, 0.1) is 0 Å². The molecule has 1 unspecified atom stereocenters. The zero-order valence-electron chi connectivity index (χ0n) is 11.4. The Labute approximate surface area is 125 Å². The van der Waals surface area contributed by atoms with Crippen molar-refractivity contribution >= 4 is 23.2 Å². The predicted molar refractivity (Wildman–Crippen MR) is 82.9 cm³/mol. The molecule has 1 aliphatic rings. The second kappa shape index (κ2) is 6.94. The number of nitrogens with zero attached hydrogens (tertiary/aromatic N) is 1. The summed E-state index contributed by atoms with van der Waals surface area (Å²) in [5, 5.41) is 1.19. The van der Waals surface area contributed by atoms with E-state index in [1.54, 1.807) is 6.07 Å². The van der Waals surface area contributed by atoms with E-state index in [9.17, 15) is 0 Å². The van der Waals surface area contributed by atoms with E-state index in [2.05, 4.69) is 11.8 Å². The highest BCUT2D eigenvalue weighted by molar-refractivity contribution is 6.42. The molecule has 2 rings (SSSR count). The van der Waals surface area contributed by atoms with E-state index < -0.39 is 0 Å². The van der Waals surface area contributed by atoms with Gasteiger partial charge in [-0.3, -0.25) is 0 Å². The van der Waals surface area contributed by atoms with Gasteiger partial charge >= 0.3 is 0 Å². The highest BCUT2D eigenvalue weighted by Crippen LogP contribution is 2.32. The Bertz CT molecular complexity index is 419. The van der Waals surface area contributed by atoms with Gasteiger partial charge in [0.05, 0.1) is 10.0 Å². The van der Waals surface area contributed by atoms with Gasteiger partial charge < -0.3 is 10.6 Å². The molecule has 0 radical (unpaired) electrons. The minimum Gasteiger partial charge on any atom is -0.324 e. The molecule has 4 heteroatoms. The molecule has 0 aromatic heterocycles. The van der Waals surface area contributed by atoms with Crippen LogP contribution < -0.4 is 5.73 Å². The predicted octanol–water partition coefficient (Wildman–Crippen LogP) is 4.26. The normalized spacial score (nSPS) is 16.9. The molecule has 0 heterocycles. The molecular weight excluding hydrogens is 279 g/mol. The van der Waals surface area contributed by atoms with Crippen LogP contribution in [-0.4, -0.2) is 24.0 Å². The fraction of sp³-hybridized carbons (Fsp3) is 0.600. The third-order valence-electron chi connectivity index (χ3n) is 3.68. The third kappa shape index (κ3) is 4.09. The summed E-state index contributed by atoms with van der Waals surface area (Å²) in [5.41, 5.74) is 7.22. The second-order valence-corrected chi connectivity index (χ2v) is 6.09. The molecule has 19 heavy (non-hydrogen) atoms. The van der Waals surface area contributed by atoms with Gasteiger partial charge in [-0.1, -0.05) is 42.3 Å². The van der Waals surface area contributed by atoms with Gasteiger partial charge in [0, 0.05) is 18.6 Å². The average Bonchev–Trinajstić information content (AvgIpc) is 3.21. The lowest BCUT2D eigenvalue weighted by molar-refractivity contribution is 0.253. The minimum absolute atomic E-state index is 0.0377. The lowest BCUT2D eigenvalue weighted by Gasteiger charge is -2.23. The SMILES string of the molecule is CCCN(CCC(N)c1cccc(Cl)c1Cl)C1CC1. The maximum Gasteiger partial charge on any atom is 0.0640 e. The lowest BCUT2D eigenvalue weighted by Crippen LogP contribution is -2.30. The number of hydrogen-bond donors (Lipinski definition) is 1. The number of rotatable bonds is 7. The first-order chi connectivity index (χ1) is 9.13. The number of halogens is 2. The van der Waals surface area contributed by atoms with E-state index in [0.29, 0.717) is 10.0 Å². The number of hydrogen-bond acceptors (Lipinski definition) is 2. The molecule has 0 saturated heterocycles. The van der Waals surface area contributed by atoms with E-state index in [1.165, 1.54) is 25.8 Å². The third-order valence-corrected chi connectivity index (χ3v) is 4.52. The van der Waals surface area contributed by atoms with Crippen molar-refractivity contribution in [3.8, 4) is 0 Å². The van der Waals surface area contributed by atoms with E-state index >= 15 is 0 Å². The average molecular weight is 301 g/mol. The van der Waals surface area contributed by atoms with Gasteiger partial charge in [-0.05, 0) is 43.9 Å².